The number of benzene rings is 2. The Morgan fingerprint density at radius 1 is 1.00 bits per heavy atom. The molecular weight excluding hydrogens is 447 g/mol. The normalized spacial score (nSPS) is 15.5. The molecular formula is C23H30Cl2N6O. The largest absolute Gasteiger partial charge is 0.497 e. The van der Waals surface area contributed by atoms with Crippen LogP contribution in [0.5, 0.6) is 5.75 Å². The Balaban J connectivity index is 0.00000289. The molecule has 1 saturated heterocycles. The number of anilines is 1. The molecule has 0 bridgehead atoms. The molecule has 9 heteroatoms. The van der Waals surface area contributed by atoms with E-state index in [2.05, 4.69) is 70.4 Å². The minimum absolute atomic E-state index is 0. The molecule has 1 aromatic heterocycles. The van der Waals surface area contributed by atoms with Crippen molar-refractivity contribution in [2.24, 2.45) is 0 Å². The van der Waals surface area contributed by atoms with E-state index in [1.54, 1.807) is 7.11 Å². The Morgan fingerprint density at radius 3 is 2.31 bits per heavy atom. The summed E-state index contributed by atoms with van der Waals surface area (Å²) in [5.74, 6) is 1.71. The predicted molar refractivity (Wildman–Crippen MR) is 130 cm³/mol. The maximum atomic E-state index is 6.26. The minimum Gasteiger partial charge on any atom is -0.497 e. The molecule has 172 valence electrons. The second-order valence-electron chi connectivity index (χ2n) is 8.20. The molecule has 7 nitrogen and oxygen atoms in total. The molecule has 0 aliphatic carbocycles. The number of methoxy groups -OCH3 is 1. The van der Waals surface area contributed by atoms with E-state index in [9.17, 15) is 0 Å². The van der Waals surface area contributed by atoms with Gasteiger partial charge in [-0.2, -0.15) is 0 Å². The zero-order valence-electron chi connectivity index (χ0n) is 18.9. The van der Waals surface area contributed by atoms with Crippen molar-refractivity contribution in [2.75, 3.05) is 38.2 Å². The van der Waals surface area contributed by atoms with Crippen LogP contribution >= 0.6 is 24.0 Å². The van der Waals surface area contributed by atoms with Crippen LogP contribution in [0.15, 0.2) is 42.5 Å². The lowest BCUT2D eigenvalue weighted by molar-refractivity contribution is 0.199. The summed E-state index contributed by atoms with van der Waals surface area (Å²) in [5, 5.41) is 13.4. The molecule has 3 aromatic rings. The summed E-state index contributed by atoms with van der Waals surface area (Å²) < 4.78 is 7.27. The smallest absolute Gasteiger partial charge is 0.173 e. The highest BCUT2D eigenvalue weighted by Crippen LogP contribution is 2.32. The number of piperazine rings is 1. The summed E-state index contributed by atoms with van der Waals surface area (Å²) >= 11 is 6.26. The van der Waals surface area contributed by atoms with E-state index in [1.165, 1.54) is 11.3 Å². The molecule has 1 atom stereocenters. The van der Waals surface area contributed by atoms with Gasteiger partial charge in [0.2, 0.25) is 0 Å². The Hall–Kier alpha value is -2.35. The van der Waals surface area contributed by atoms with Gasteiger partial charge in [0.1, 0.15) is 5.75 Å². The highest BCUT2D eigenvalue weighted by atomic mass is 35.5. The summed E-state index contributed by atoms with van der Waals surface area (Å²) in [6, 6.07) is 14.5. The molecule has 0 amide bonds. The van der Waals surface area contributed by atoms with Crippen LogP contribution < -0.4 is 9.64 Å². The van der Waals surface area contributed by atoms with Crippen molar-refractivity contribution < 1.29 is 4.74 Å². The average Bonchev–Trinajstić information content (AvgIpc) is 3.26. The highest BCUT2D eigenvalue weighted by Gasteiger charge is 2.31. The number of tetrazole rings is 1. The molecule has 1 aliphatic rings. The van der Waals surface area contributed by atoms with E-state index in [0.717, 1.165) is 48.3 Å². The number of aryl methyl sites for hydroxylation is 1. The molecule has 2 heterocycles. The summed E-state index contributed by atoms with van der Waals surface area (Å²) in [5.41, 5.74) is 3.61. The Kier molecular flexibility index (Phi) is 7.98. The third kappa shape index (κ3) is 5.00. The van der Waals surface area contributed by atoms with Gasteiger partial charge >= 0.3 is 0 Å². The van der Waals surface area contributed by atoms with Crippen LogP contribution in [0.4, 0.5) is 5.69 Å². The minimum atomic E-state index is -0.0223. The van der Waals surface area contributed by atoms with Gasteiger partial charge in [-0.05, 0) is 66.6 Å². The predicted octanol–water partition coefficient (Wildman–Crippen LogP) is 4.56. The van der Waals surface area contributed by atoms with E-state index >= 15 is 0 Å². The molecule has 0 N–H and O–H groups in total. The number of halogens is 2. The molecule has 1 fully saturated rings. The van der Waals surface area contributed by atoms with E-state index in [4.69, 9.17) is 16.3 Å². The third-order valence-electron chi connectivity index (χ3n) is 5.87. The SMILES string of the molecule is COc1ccc(C(c2nnnn2C(C)C)N2CCN(c3cc(Cl)ccc3C)CC2)cc1.Cl. The first-order chi connectivity index (χ1) is 15.0. The number of nitrogens with zero attached hydrogens (tertiary/aromatic N) is 6. The summed E-state index contributed by atoms with van der Waals surface area (Å²) in [6.45, 7) is 9.96. The Bertz CT molecular complexity index is 1020. The van der Waals surface area contributed by atoms with Gasteiger partial charge in [0.15, 0.2) is 5.82 Å². The van der Waals surface area contributed by atoms with Crippen molar-refractivity contribution in [2.45, 2.75) is 32.9 Å². The molecule has 0 radical (unpaired) electrons. The molecule has 1 aliphatic heterocycles. The molecule has 0 saturated carbocycles. The zero-order chi connectivity index (χ0) is 22.0. The van der Waals surface area contributed by atoms with E-state index in [0.29, 0.717) is 0 Å². The van der Waals surface area contributed by atoms with Gasteiger partial charge in [0.05, 0.1) is 19.2 Å². The zero-order valence-corrected chi connectivity index (χ0v) is 20.5. The first-order valence-electron chi connectivity index (χ1n) is 10.6. The van der Waals surface area contributed by atoms with Crippen LogP contribution in [0, 0.1) is 6.92 Å². The summed E-state index contributed by atoms with van der Waals surface area (Å²) in [6.07, 6.45) is 0. The van der Waals surface area contributed by atoms with Crippen LogP contribution in [0.25, 0.3) is 0 Å². The summed E-state index contributed by atoms with van der Waals surface area (Å²) in [7, 11) is 1.68. The first-order valence-corrected chi connectivity index (χ1v) is 11.0. The molecule has 4 rings (SSSR count). The topological polar surface area (TPSA) is 59.3 Å². The second kappa shape index (κ2) is 10.5. The number of ether oxygens (including phenoxy) is 1. The van der Waals surface area contributed by atoms with Crippen LogP contribution in [-0.4, -0.2) is 58.4 Å². The maximum absolute atomic E-state index is 6.26. The van der Waals surface area contributed by atoms with Gasteiger partial charge in [-0.25, -0.2) is 4.68 Å². The first kappa shape index (κ1) is 24.3. The van der Waals surface area contributed by atoms with Crippen molar-refractivity contribution in [1.82, 2.24) is 25.1 Å². The van der Waals surface area contributed by atoms with Crippen molar-refractivity contribution in [3.05, 3.63) is 64.4 Å². The maximum Gasteiger partial charge on any atom is 0.173 e. The standard InChI is InChI=1S/C23H29ClN6O.ClH/c1-16(2)30-23(25-26-27-30)22(18-6-9-20(31-4)10-7-18)29-13-11-28(12-14-29)21-15-19(24)8-5-17(21)3;/h5-10,15-16,22H,11-14H2,1-4H3;1H. The van der Waals surface area contributed by atoms with Crippen molar-refractivity contribution in [3.63, 3.8) is 0 Å². The van der Waals surface area contributed by atoms with Crippen LogP contribution in [-0.2, 0) is 0 Å². The van der Waals surface area contributed by atoms with E-state index < -0.39 is 0 Å². The molecule has 0 spiro atoms. The fraction of sp³-hybridized carbons (Fsp3) is 0.435. The molecule has 2 aromatic carbocycles. The van der Waals surface area contributed by atoms with Gasteiger partial charge in [-0.15, -0.1) is 17.5 Å². The molecule has 1 unspecified atom stereocenters. The van der Waals surface area contributed by atoms with Gasteiger partial charge in [-0.3, -0.25) is 4.90 Å². The fourth-order valence-corrected chi connectivity index (χ4v) is 4.37. The summed E-state index contributed by atoms with van der Waals surface area (Å²) in [4.78, 5) is 4.87. The highest BCUT2D eigenvalue weighted by molar-refractivity contribution is 6.30. The van der Waals surface area contributed by atoms with Crippen molar-refractivity contribution in [1.29, 1.82) is 0 Å². The van der Waals surface area contributed by atoms with Gasteiger partial charge in [0, 0.05) is 36.9 Å². The van der Waals surface area contributed by atoms with Crippen molar-refractivity contribution in [3.8, 4) is 5.75 Å². The number of rotatable bonds is 6. The van der Waals surface area contributed by atoms with Crippen LogP contribution in [0.2, 0.25) is 5.02 Å². The van der Waals surface area contributed by atoms with E-state index in [-0.39, 0.29) is 24.5 Å². The lowest BCUT2D eigenvalue weighted by Crippen LogP contribution is -2.48. The van der Waals surface area contributed by atoms with Gasteiger partial charge in [-0.1, -0.05) is 29.8 Å². The third-order valence-corrected chi connectivity index (χ3v) is 6.11. The number of aromatic nitrogens is 4. The number of hydrogen-bond donors (Lipinski definition) is 0. The van der Waals surface area contributed by atoms with Gasteiger partial charge < -0.3 is 9.64 Å². The average molecular weight is 477 g/mol. The quantitative estimate of drug-likeness (QED) is 0.519. The number of hydrogen-bond acceptors (Lipinski definition) is 6. The molecule has 32 heavy (non-hydrogen) atoms. The van der Waals surface area contributed by atoms with Crippen LogP contribution in [0.3, 0.4) is 0 Å². The lowest BCUT2D eigenvalue weighted by Gasteiger charge is -2.40. The second-order valence-corrected chi connectivity index (χ2v) is 8.64. The fourth-order valence-electron chi connectivity index (χ4n) is 4.20. The van der Waals surface area contributed by atoms with Gasteiger partial charge in [0.25, 0.3) is 0 Å². The lowest BCUT2D eigenvalue weighted by atomic mass is 10.0. The van der Waals surface area contributed by atoms with E-state index in [1.807, 2.05) is 22.9 Å². The van der Waals surface area contributed by atoms with Crippen LogP contribution in [0.1, 0.15) is 42.9 Å². The monoisotopic (exact) mass is 476 g/mol. The Labute approximate surface area is 200 Å². The Morgan fingerprint density at radius 2 is 1.69 bits per heavy atom. The van der Waals surface area contributed by atoms with Crippen molar-refractivity contribution >= 4 is 29.7 Å².